The molecule has 2 aromatic carbocycles. The molecule has 0 spiro atoms. The molecule has 0 aromatic heterocycles. The van der Waals surface area contributed by atoms with Crippen LogP contribution in [0.3, 0.4) is 0 Å². The van der Waals surface area contributed by atoms with E-state index < -0.39 is 0 Å². The Bertz CT molecular complexity index is 572. The molecule has 104 valence electrons. The third-order valence-electron chi connectivity index (χ3n) is 4.06. The van der Waals surface area contributed by atoms with Gasteiger partial charge in [0.1, 0.15) is 12.4 Å². The monoisotopic (exact) mass is 266 g/mol. The summed E-state index contributed by atoms with van der Waals surface area (Å²) in [6.45, 7) is 2.90. The van der Waals surface area contributed by atoms with Gasteiger partial charge in [0.25, 0.3) is 0 Å². The van der Waals surface area contributed by atoms with E-state index in [2.05, 4.69) is 43.3 Å². The number of ether oxygens (including phenoxy) is 1. The summed E-state index contributed by atoms with van der Waals surface area (Å²) in [5.41, 5.74) is 5.58. The number of aryl methyl sites for hydroxylation is 2. The number of hydrogen-bond donors (Lipinski definition) is 0. The molecule has 0 bridgehead atoms. The summed E-state index contributed by atoms with van der Waals surface area (Å²) in [7, 11) is 0. The highest BCUT2D eigenvalue weighted by Gasteiger charge is 2.18. The van der Waals surface area contributed by atoms with Gasteiger partial charge < -0.3 is 4.74 Å². The first-order valence-electron chi connectivity index (χ1n) is 7.69. The van der Waals surface area contributed by atoms with E-state index in [4.69, 9.17) is 4.74 Å². The quantitative estimate of drug-likeness (QED) is 0.761. The smallest absolute Gasteiger partial charge is 0.126 e. The van der Waals surface area contributed by atoms with Crippen LogP contribution in [0.4, 0.5) is 0 Å². The molecule has 0 radical (unpaired) electrons. The van der Waals surface area contributed by atoms with Crippen LogP contribution in [0.5, 0.6) is 5.75 Å². The lowest BCUT2D eigenvalue weighted by Crippen LogP contribution is -2.02. The molecule has 2 aromatic rings. The van der Waals surface area contributed by atoms with Crippen molar-refractivity contribution in [2.45, 2.75) is 45.6 Å². The number of benzene rings is 2. The first-order chi connectivity index (χ1) is 9.88. The second kappa shape index (κ2) is 6.13. The average molecular weight is 266 g/mol. The van der Waals surface area contributed by atoms with Crippen molar-refractivity contribution in [1.29, 1.82) is 0 Å². The second-order valence-corrected chi connectivity index (χ2v) is 5.57. The fourth-order valence-corrected chi connectivity index (χ4v) is 3.06. The zero-order valence-corrected chi connectivity index (χ0v) is 12.2. The van der Waals surface area contributed by atoms with E-state index in [1.807, 2.05) is 6.07 Å². The molecule has 1 nitrogen and oxygen atoms in total. The molecule has 3 rings (SSSR count). The third-order valence-corrected chi connectivity index (χ3v) is 4.06. The molecular weight excluding hydrogens is 244 g/mol. The van der Waals surface area contributed by atoms with Crippen LogP contribution in [0.2, 0.25) is 0 Å². The van der Waals surface area contributed by atoms with Crippen molar-refractivity contribution >= 4 is 0 Å². The van der Waals surface area contributed by atoms with Crippen LogP contribution in [0.25, 0.3) is 0 Å². The van der Waals surface area contributed by atoms with Crippen molar-refractivity contribution in [1.82, 2.24) is 0 Å². The lowest BCUT2D eigenvalue weighted by Gasteiger charge is -2.16. The predicted molar refractivity (Wildman–Crippen MR) is 83.2 cm³/mol. The number of fused-ring (bicyclic) bond motifs is 1. The first kappa shape index (κ1) is 13.2. The SMILES string of the molecule is CCCc1ccc2c(c1OCc1ccccc1)CCC2. The van der Waals surface area contributed by atoms with Crippen molar-refractivity contribution in [2.24, 2.45) is 0 Å². The zero-order valence-electron chi connectivity index (χ0n) is 12.2. The summed E-state index contributed by atoms with van der Waals surface area (Å²) in [5.74, 6) is 1.17. The molecular formula is C19H22O. The number of hydrogen-bond acceptors (Lipinski definition) is 1. The highest BCUT2D eigenvalue weighted by molar-refractivity contribution is 5.49. The maximum atomic E-state index is 6.22. The van der Waals surface area contributed by atoms with Crippen LogP contribution in [0.1, 0.15) is 42.0 Å². The zero-order chi connectivity index (χ0) is 13.8. The van der Waals surface area contributed by atoms with Crippen LogP contribution in [0.15, 0.2) is 42.5 Å². The molecule has 0 aliphatic heterocycles. The normalized spacial score (nSPS) is 13.2. The lowest BCUT2D eigenvalue weighted by molar-refractivity contribution is 0.300. The van der Waals surface area contributed by atoms with Gasteiger partial charge in [0.05, 0.1) is 0 Å². The topological polar surface area (TPSA) is 9.23 Å². The van der Waals surface area contributed by atoms with Crippen LogP contribution in [0, 0.1) is 0 Å². The Hall–Kier alpha value is -1.76. The van der Waals surface area contributed by atoms with E-state index in [0.717, 1.165) is 6.42 Å². The summed E-state index contributed by atoms with van der Waals surface area (Å²) in [6.07, 6.45) is 5.94. The number of rotatable bonds is 5. The van der Waals surface area contributed by atoms with Gasteiger partial charge in [-0.2, -0.15) is 0 Å². The average Bonchev–Trinajstić information content (AvgIpc) is 2.96. The molecule has 1 aliphatic rings. The van der Waals surface area contributed by atoms with E-state index >= 15 is 0 Å². The third kappa shape index (κ3) is 2.72. The maximum absolute atomic E-state index is 6.22. The fourth-order valence-electron chi connectivity index (χ4n) is 3.06. The molecule has 0 N–H and O–H groups in total. The highest BCUT2D eigenvalue weighted by atomic mass is 16.5. The van der Waals surface area contributed by atoms with Gasteiger partial charge in [-0.25, -0.2) is 0 Å². The lowest BCUT2D eigenvalue weighted by atomic mass is 10.0. The van der Waals surface area contributed by atoms with E-state index in [9.17, 15) is 0 Å². The van der Waals surface area contributed by atoms with Crippen molar-refractivity contribution in [2.75, 3.05) is 0 Å². The van der Waals surface area contributed by atoms with Gasteiger partial charge in [0.2, 0.25) is 0 Å². The molecule has 0 unspecified atom stereocenters. The minimum atomic E-state index is 0.675. The maximum Gasteiger partial charge on any atom is 0.126 e. The van der Waals surface area contributed by atoms with Crippen LogP contribution in [-0.2, 0) is 25.9 Å². The Morgan fingerprint density at radius 3 is 2.65 bits per heavy atom. The van der Waals surface area contributed by atoms with Crippen LogP contribution < -0.4 is 4.74 Å². The van der Waals surface area contributed by atoms with Gasteiger partial charge in [-0.3, -0.25) is 0 Å². The fraction of sp³-hybridized carbons (Fsp3) is 0.368. The molecule has 0 amide bonds. The Labute approximate surface area is 121 Å². The Kier molecular flexibility index (Phi) is 4.05. The summed E-state index contributed by atoms with van der Waals surface area (Å²) >= 11 is 0. The van der Waals surface area contributed by atoms with Gasteiger partial charge in [-0.15, -0.1) is 0 Å². The van der Waals surface area contributed by atoms with Gasteiger partial charge in [-0.1, -0.05) is 55.8 Å². The second-order valence-electron chi connectivity index (χ2n) is 5.57. The summed E-state index contributed by atoms with van der Waals surface area (Å²) in [6, 6.07) is 15.0. The van der Waals surface area contributed by atoms with Gasteiger partial charge in [-0.05, 0) is 47.9 Å². The van der Waals surface area contributed by atoms with E-state index in [0.29, 0.717) is 6.61 Å². The summed E-state index contributed by atoms with van der Waals surface area (Å²) < 4.78 is 6.22. The van der Waals surface area contributed by atoms with Gasteiger partial charge in [0, 0.05) is 0 Å². The first-order valence-corrected chi connectivity index (χ1v) is 7.69. The van der Waals surface area contributed by atoms with Crippen molar-refractivity contribution < 1.29 is 4.74 Å². The predicted octanol–water partition coefficient (Wildman–Crippen LogP) is 4.71. The Balaban J connectivity index is 1.85. The molecule has 0 heterocycles. The van der Waals surface area contributed by atoms with Crippen LogP contribution in [-0.4, -0.2) is 0 Å². The summed E-state index contributed by atoms with van der Waals surface area (Å²) in [4.78, 5) is 0. The molecule has 1 aliphatic carbocycles. The standard InChI is InChI=1S/C19H22O/c1-2-7-17-13-12-16-10-6-11-18(16)19(17)20-14-15-8-4-3-5-9-15/h3-5,8-9,12-13H,2,6-7,10-11,14H2,1H3. The minimum absolute atomic E-state index is 0.675. The Morgan fingerprint density at radius 2 is 1.85 bits per heavy atom. The Morgan fingerprint density at radius 1 is 1.00 bits per heavy atom. The van der Waals surface area contributed by atoms with Crippen LogP contribution >= 0.6 is 0 Å². The van der Waals surface area contributed by atoms with Gasteiger partial charge >= 0.3 is 0 Å². The molecule has 20 heavy (non-hydrogen) atoms. The van der Waals surface area contributed by atoms with Crippen molar-refractivity contribution in [3.05, 3.63) is 64.7 Å². The molecule has 0 saturated heterocycles. The van der Waals surface area contributed by atoms with Crippen molar-refractivity contribution in [3.63, 3.8) is 0 Å². The minimum Gasteiger partial charge on any atom is -0.488 e. The molecule has 0 saturated carbocycles. The van der Waals surface area contributed by atoms with E-state index in [1.54, 1.807) is 0 Å². The van der Waals surface area contributed by atoms with E-state index in [1.165, 1.54) is 53.7 Å². The van der Waals surface area contributed by atoms with E-state index in [-0.39, 0.29) is 0 Å². The van der Waals surface area contributed by atoms with Crippen molar-refractivity contribution in [3.8, 4) is 5.75 Å². The molecule has 0 atom stereocenters. The largest absolute Gasteiger partial charge is 0.488 e. The molecule has 1 heteroatoms. The van der Waals surface area contributed by atoms with Gasteiger partial charge in [0.15, 0.2) is 0 Å². The highest BCUT2D eigenvalue weighted by Crippen LogP contribution is 2.35. The summed E-state index contributed by atoms with van der Waals surface area (Å²) in [5, 5.41) is 0. The molecule has 0 fully saturated rings.